The van der Waals surface area contributed by atoms with Gasteiger partial charge in [0.15, 0.2) is 5.82 Å². The highest BCUT2D eigenvalue weighted by atomic mass is 19.4. The lowest BCUT2D eigenvalue weighted by atomic mass is 10.1. The third kappa shape index (κ3) is 5.58. The van der Waals surface area contributed by atoms with E-state index in [1.165, 1.54) is 12.4 Å². The summed E-state index contributed by atoms with van der Waals surface area (Å²) in [5, 5.41) is 0. The zero-order valence-electron chi connectivity index (χ0n) is 17.0. The molecule has 0 aliphatic carbocycles. The summed E-state index contributed by atoms with van der Waals surface area (Å²) >= 11 is 0. The first-order valence-corrected chi connectivity index (χ1v) is 9.66. The quantitative estimate of drug-likeness (QED) is 0.343. The second kappa shape index (κ2) is 9.32. The topological polar surface area (TPSA) is 35.0 Å². The third-order valence-electron chi connectivity index (χ3n) is 4.61. The smallest absolute Gasteiger partial charge is 0.429 e. The van der Waals surface area contributed by atoms with Crippen molar-refractivity contribution in [1.82, 2.24) is 9.97 Å². The number of halogens is 8. The van der Waals surface area contributed by atoms with Gasteiger partial charge in [-0.25, -0.2) is 23.1 Å². The lowest BCUT2D eigenvalue weighted by Crippen LogP contribution is -2.25. The zero-order chi connectivity index (χ0) is 24.4. The van der Waals surface area contributed by atoms with E-state index >= 15 is 0 Å². The Labute approximate surface area is 183 Å². The van der Waals surface area contributed by atoms with E-state index in [2.05, 4.69) is 14.7 Å². The van der Waals surface area contributed by atoms with Crippen molar-refractivity contribution in [3.8, 4) is 17.1 Å². The predicted molar refractivity (Wildman–Crippen MR) is 102 cm³/mol. The molecule has 3 nitrogen and oxygen atoms in total. The molecule has 33 heavy (non-hydrogen) atoms. The minimum absolute atomic E-state index is 0.0504. The molecule has 11 heteroatoms. The van der Waals surface area contributed by atoms with Crippen LogP contribution in [0.5, 0.6) is 5.75 Å². The number of hydrogen-bond donors (Lipinski definition) is 0. The fraction of sp³-hybridized carbons (Fsp3) is 0.273. The molecule has 2 aromatic carbocycles. The van der Waals surface area contributed by atoms with E-state index < -0.39 is 46.6 Å². The summed E-state index contributed by atoms with van der Waals surface area (Å²) in [5.74, 6) is -6.46. The molecule has 0 atom stereocenters. The monoisotopic (exact) mass is 476 g/mol. The lowest BCUT2D eigenvalue weighted by molar-refractivity contribution is -0.189. The van der Waals surface area contributed by atoms with Crippen LogP contribution in [0.2, 0.25) is 0 Å². The Bertz CT molecular complexity index is 1110. The van der Waals surface area contributed by atoms with Gasteiger partial charge in [-0.3, -0.25) is 0 Å². The Hall–Kier alpha value is -3.24. The van der Waals surface area contributed by atoms with E-state index in [0.717, 1.165) is 18.4 Å². The van der Waals surface area contributed by atoms with E-state index in [1.807, 2.05) is 6.92 Å². The van der Waals surface area contributed by atoms with Crippen LogP contribution in [0, 0.1) is 17.5 Å². The van der Waals surface area contributed by atoms with Gasteiger partial charge in [0.2, 0.25) is 0 Å². The number of benzene rings is 2. The number of aromatic nitrogens is 2. The molecule has 0 aliphatic heterocycles. The van der Waals surface area contributed by atoms with Crippen LogP contribution in [0.15, 0.2) is 42.7 Å². The number of aryl methyl sites for hydroxylation is 1. The van der Waals surface area contributed by atoms with Crippen molar-refractivity contribution < 1.29 is 39.9 Å². The minimum atomic E-state index is -5.06. The number of alkyl halides is 5. The second-order valence-electron chi connectivity index (χ2n) is 7.09. The van der Waals surface area contributed by atoms with E-state index in [9.17, 15) is 35.1 Å². The van der Waals surface area contributed by atoms with Crippen LogP contribution in [0.25, 0.3) is 11.4 Å². The van der Waals surface area contributed by atoms with Gasteiger partial charge in [-0.05, 0) is 42.7 Å². The summed E-state index contributed by atoms with van der Waals surface area (Å²) in [6.45, 7) is 2.00. The minimum Gasteiger partial charge on any atom is -0.429 e. The van der Waals surface area contributed by atoms with Crippen LogP contribution in [0.3, 0.4) is 0 Å². The van der Waals surface area contributed by atoms with Gasteiger partial charge < -0.3 is 4.74 Å². The van der Waals surface area contributed by atoms with Crippen LogP contribution in [-0.2, 0) is 18.7 Å². The first kappa shape index (κ1) is 24.4. The molecule has 176 valence electrons. The normalized spacial score (nSPS) is 12.2. The van der Waals surface area contributed by atoms with E-state index in [0.29, 0.717) is 24.6 Å². The van der Waals surface area contributed by atoms with Gasteiger partial charge in [0.1, 0.15) is 28.8 Å². The molecule has 0 radical (unpaired) electrons. The second-order valence-corrected chi connectivity index (χ2v) is 7.09. The first-order chi connectivity index (χ1) is 15.4. The Morgan fingerprint density at radius 1 is 0.848 bits per heavy atom. The molecule has 3 aromatic rings. The standard InChI is InChI=1S/C22H16F8N2O/c1-2-3-4-12-10-31-20(32-11-12)13-7-17(24)19(18(25)8-13)22(29,30)33-14-5-6-15(16(23)9-14)21(26,27)28/h5-11H,2-4H2,1H3. The Morgan fingerprint density at radius 3 is 1.97 bits per heavy atom. The largest absolute Gasteiger partial charge is 0.432 e. The van der Waals surface area contributed by atoms with Gasteiger partial charge in [0, 0.05) is 24.0 Å². The van der Waals surface area contributed by atoms with E-state index in [4.69, 9.17) is 0 Å². The molecular formula is C22H16F8N2O. The van der Waals surface area contributed by atoms with Crippen LogP contribution < -0.4 is 4.74 Å². The summed E-state index contributed by atoms with van der Waals surface area (Å²) in [6, 6.07) is 1.79. The Morgan fingerprint density at radius 2 is 1.45 bits per heavy atom. The maximum atomic E-state index is 14.5. The highest BCUT2D eigenvalue weighted by molar-refractivity contribution is 5.56. The summed E-state index contributed by atoms with van der Waals surface area (Å²) < 4.78 is 113. The first-order valence-electron chi connectivity index (χ1n) is 9.66. The average molecular weight is 476 g/mol. The SMILES string of the molecule is CCCCc1cnc(-c2cc(F)c(C(F)(F)Oc3ccc(C(F)(F)F)c(F)c3)c(F)c2)nc1. The maximum Gasteiger partial charge on any atom is 0.432 e. The Kier molecular flexibility index (Phi) is 6.89. The molecule has 0 N–H and O–H groups in total. The molecule has 1 heterocycles. The molecule has 0 bridgehead atoms. The van der Waals surface area contributed by atoms with E-state index in [-0.39, 0.29) is 23.5 Å². The highest BCUT2D eigenvalue weighted by Gasteiger charge is 2.42. The van der Waals surface area contributed by atoms with Gasteiger partial charge in [0.25, 0.3) is 0 Å². The lowest BCUT2D eigenvalue weighted by Gasteiger charge is -2.20. The van der Waals surface area contributed by atoms with Gasteiger partial charge in [0.05, 0.1) is 5.56 Å². The number of nitrogens with zero attached hydrogens (tertiary/aromatic N) is 2. The van der Waals surface area contributed by atoms with Crippen LogP contribution in [0.4, 0.5) is 35.1 Å². The third-order valence-corrected chi connectivity index (χ3v) is 4.61. The predicted octanol–water partition coefficient (Wildman–Crippen LogP) is 7.05. The fourth-order valence-electron chi connectivity index (χ4n) is 2.98. The highest BCUT2D eigenvalue weighted by Crippen LogP contribution is 2.38. The molecule has 3 rings (SSSR count). The van der Waals surface area contributed by atoms with Crippen molar-refractivity contribution in [2.24, 2.45) is 0 Å². The molecule has 0 saturated heterocycles. The van der Waals surface area contributed by atoms with Gasteiger partial charge >= 0.3 is 12.3 Å². The van der Waals surface area contributed by atoms with Gasteiger partial charge in [-0.15, -0.1) is 0 Å². The van der Waals surface area contributed by atoms with Crippen molar-refractivity contribution in [2.45, 2.75) is 38.5 Å². The molecule has 0 spiro atoms. The number of ether oxygens (including phenoxy) is 1. The maximum absolute atomic E-state index is 14.5. The molecule has 1 aromatic heterocycles. The number of hydrogen-bond acceptors (Lipinski definition) is 3. The molecule has 0 aliphatic rings. The number of rotatable bonds is 7. The molecule has 0 saturated carbocycles. The zero-order valence-corrected chi connectivity index (χ0v) is 17.0. The molecule has 0 fully saturated rings. The van der Waals surface area contributed by atoms with Crippen molar-refractivity contribution >= 4 is 0 Å². The van der Waals surface area contributed by atoms with Crippen molar-refractivity contribution in [3.63, 3.8) is 0 Å². The van der Waals surface area contributed by atoms with Crippen molar-refractivity contribution in [1.29, 1.82) is 0 Å². The number of unbranched alkanes of at least 4 members (excludes halogenated alkanes) is 1. The summed E-state index contributed by atoms with van der Waals surface area (Å²) in [5.41, 5.74) is -2.93. The summed E-state index contributed by atoms with van der Waals surface area (Å²) in [7, 11) is 0. The van der Waals surface area contributed by atoms with Crippen molar-refractivity contribution in [2.75, 3.05) is 0 Å². The van der Waals surface area contributed by atoms with E-state index in [1.54, 1.807) is 0 Å². The van der Waals surface area contributed by atoms with Crippen LogP contribution >= 0.6 is 0 Å². The van der Waals surface area contributed by atoms with Crippen LogP contribution in [0.1, 0.15) is 36.5 Å². The molecule has 0 amide bonds. The molecule has 0 unspecified atom stereocenters. The van der Waals surface area contributed by atoms with Crippen molar-refractivity contribution in [3.05, 3.63) is 76.9 Å². The summed E-state index contributed by atoms with van der Waals surface area (Å²) in [6.07, 6.45) is -4.28. The van der Waals surface area contributed by atoms with Gasteiger partial charge in [-0.1, -0.05) is 13.3 Å². The molecular weight excluding hydrogens is 460 g/mol. The Balaban J connectivity index is 1.87. The van der Waals surface area contributed by atoms with Gasteiger partial charge in [-0.2, -0.15) is 22.0 Å². The summed E-state index contributed by atoms with van der Waals surface area (Å²) in [4.78, 5) is 7.97. The average Bonchev–Trinajstić information content (AvgIpc) is 2.70. The fourth-order valence-corrected chi connectivity index (χ4v) is 2.98. The van der Waals surface area contributed by atoms with Crippen LogP contribution in [-0.4, -0.2) is 9.97 Å².